The molecule has 6 rings (SSSR count). The van der Waals surface area contributed by atoms with Gasteiger partial charge in [0.15, 0.2) is 11.4 Å². The average Bonchev–Trinajstić information content (AvgIpc) is 3.21. The van der Waals surface area contributed by atoms with E-state index in [1.807, 2.05) is 45.9 Å². The van der Waals surface area contributed by atoms with E-state index in [1.165, 1.54) is 0 Å². The smallest absolute Gasteiger partial charge is 0.195 e. The van der Waals surface area contributed by atoms with Gasteiger partial charge in [0.05, 0.1) is 18.6 Å². The highest BCUT2D eigenvalue weighted by atomic mass is 14.8. The summed E-state index contributed by atoms with van der Waals surface area (Å²) in [5.74, 6) is 0. The van der Waals surface area contributed by atoms with Gasteiger partial charge < -0.3 is 11.5 Å². The van der Waals surface area contributed by atoms with Crippen LogP contribution in [0.15, 0.2) is 72.8 Å². The third-order valence-electron chi connectivity index (χ3n) is 8.39. The van der Waals surface area contributed by atoms with Crippen molar-refractivity contribution >= 4 is 33.5 Å². The number of hydrogen-bond acceptors (Lipinski definition) is 2. The highest BCUT2D eigenvalue weighted by Gasteiger charge is 2.47. The van der Waals surface area contributed by atoms with Crippen molar-refractivity contribution in [3.63, 3.8) is 0 Å². The van der Waals surface area contributed by atoms with Crippen molar-refractivity contribution in [2.75, 3.05) is 11.5 Å². The zero-order valence-electron chi connectivity index (χ0n) is 22.5. The number of aryl methyl sites for hydroxylation is 4. The first-order valence-corrected chi connectivity index (χ1v) is 12.9. The number of nitrogens with zero attached hydrogens (tertiary/aromatic N) is 2. The van der Waals surface area contributed by atoms with Crippen LogP contribution in [0.1, 0.15) is 44.5 Å². The maximum Gasteiger partial charge on any atom is 0.195 e. The molecule has 0 aliphatic heterocycles. The molecule has 4 heteroatoms. The maximum atomic E-state index is 7.91. The van der Waals surface area contributed by atoms with Crippen molar-refractivity contribution in [3.8, 4) is 11.1 Å². The number of fused-ring (bicyclic) bond motifs is 4. The molecule has 1 aliphatic carbocycles. The highest BCUT2D eigenvalue weighted by Crippen LogP contribution is 2.59. The largest absolute Gasteiger partial charge is 0.398 e. The monoisotopic (exact) mass is 504 g/mol. The molecule has 1 aliphatic rings. The lowest BCUT2D eigenvalue weighted by molar-refractivity contribution is 0.766. The molecular formula is C35H28N4. The molecule has 0 radical (unpaired) electrons. The van der Waals surface area contributed by atoms with Crippen LogP contribution < -0.4 is 11.5 Å². The minimum absolute atomic E-state index is 0.360. The average molecular weight is 505 g/mol. The molecule has 5 aromatic rings. The van der Waals surface area contributed by atoms with Gasteiger partial charge in [-0.15, -0.1) is 0 Å². The number of nitrogens with two attached hydrogens (primary N) is 2. The van der Waals surface area contributed by atoms with Crippen LogP contribution in [0.3, 0.4) is 0 Å². The molecule has 0 aromatic heterocycles. The van der Waals surface area contributed by atoms with Gasteiger partial charge in [-0.3, -0.25) is 9.69 Å². The normalized spacial score (nSPS) is 13.0. The fourth-order valence-corrected chi connectivity index (χ4v) is 6.38. The Balaban J connectivity index is 1.90. The van der Waals surface area contributed by atoms with Gasteiger partial charge >= 0.3 is 0 Å². The van der Waals surface area contributed by atoms with E-state index in [-0.39, 0.29) is 0 Å². The summed E-state index contributed by atoms with van der Waals surface area (Å²) >= 11 is 0. The zero-order valence-corrected chi connectivity index (χ0v) is 22.5. The van der Waals surface area contributed by atoms with Crippen LogP contribution in [0.2, 0.25) is 0 Å². The van der Waals surface area contributed by atoms with Crippen LogP contribution in [0.4, 0.5) is 22.7 Å². The number of anilines is 2. The maximum absolute atomic E-state index is 7.91. The van der Waals surface area contributed by atoms with Gasteiger partial charge in [0.25, 0.3) is 0 Å². The fraction of sp³-hybridized carbons (Fsp3) is 0.143. The fourth-order valence-electron chi connectivity index (χ4n) is 6.38. The molecule has 4 N–H and O–H groups in total. The van der Waals surface area contributed by atoms with Crippen LogP contribution in [0, 0.1) is 40.8 Å². The Kier molecular flexibility index (Phi) is 5.28. The molecule has 0 fully saturated rings. The molecule has 0 bridgehead atoms. The molecule has 0 spiro atoms. The standard InChI is InChI=1S/C35H28N4/c1-19-11-25(12-20(2)33(19)36)35(26-13-21(3)34(37)22(4)14-26)29-16-24-10-8-7-9-23(24)15-27(29)28-17-31(38-5)32(39-6)18-30(28)35/h7-18H,36-37H2,1-4H3. The summed E-state index contributed by atoms with van der Waals surface area (Å²) in [6, 6.07) is 25.4. The summed E-state index contributed by atoms with van der Waals surface area (Å²) in [6.45, 7) is 23.9. The van der Waals surface area contributed by atoms with Crippen molar-refractivity contribution < 1.29 is 0 Å². The second-order valence-electron chi connectivity index (χ2n) is 10.7. The molecule has 0 saturated heterocycles. The van der Waals surface area contributed by atoms with Crippen LogP contribution in [0.5, 0.6) is 0 Å². The Morgan fingerprint density at radius 3 is 1.46 bits per heavy atom. The zero-order chi connectivity index (χ0) is 27.6. The number of hydrogen-bond donors (Lipinski definition) is 2. The van der Waals surface area contributed by atoms with Gasteiger partial charge in [0.1, 0.15) is 0 Å². The Morgan fingerprint density at radius 1 is 0.564 bits per heavy atom. The van der Waals surface area contributed by atoms with Crippen molar-refractivity contribution in [3.05, 3.63) is 140 Å². The summed E-state index contributed by atoms with van der Waals surface area (Å²) in [6.07, 6.45) is 0. The second kappa shape index (κ2) is 8.48. The molecule has 0 amide bonds. The minimum atomic E-state index is -0.735. The van der Waals surface area contributed by atoms with Gasteiger partial charge in [0.2, 0.25) is 0 Å². The molecule has 4 nitrogen and oxygen atoms in total. The van der Waals surface area contributed by atoms with E-state index in [9.17, 15) is 0 Å². The van der Waals surface area contributed by atoms with Gasteiger partial charge in [0, 0.05) is 11.4 Å². The summed E-state index contributed by atoms with van der Waals surface area (Å²) < 4.78 is 0. The van der Waals surface area contributed by atoms with Crippen LogP contribution >= 0.6 is 0 Å². The van der Waals surface area contributed by atoms with Gasteiger partial charge in [-0.25, -0.2) is 0 Å². The molecule has 188 valence electrons. The molecular weight excluding hydrogens is 476 g/mol. The summed E-state index contributed by atoms with van der Waals surface area (Å²) in [7, 11) is 0. The summed E-state index contributed by atoms with van der Waals surface area (Å²) in [5.41, 5.74) is 24.8. The lowest BCUT2D eigenvalue weighted by Gasteiger charge is -2.36. The Hall–Kier alpha value is -5.06. The molecule has 39 heavy (non-hydrogen) atoms. The quantitative estimate of drug-likeness (QED) is 0.183. The van der Waals surface area contributed by atoms with Crippen molar-refractivity contribution in [1.29, 1.82) is 0 Å². The van der Waals surface area contributed by atoms with E-state index in [0.717, 1.165) is 77.8 Å². The molecule has 0 atom stereocenters. The van der Waals surface area contributed by atoms with Gasteiger partial charge in [-0.2, -0.15) is 0 Å². The summed E-state index contributed by atoms with van der Waals surface area (Å²) in [5, 5.41) is 2.27. The predicted octanol–water partition coefficient (Wildman–Crippen LogP) is 8.70. The Morgan fingerprint density at radius 2 is 0.974 bits per heavy atom. The van der Waals surface area contributed by atoms with Crippen molar-refractivity contribution in [2.45, 2.75) is 33.1 Å². The lowest BCUT2D eigenvalue weighted by Crippen LogP contribution is -2.29. The van der Waals surface area contributed by atoms with E-state index >= 15 is 0 Å². The van der Waals surface area contributed by atoms with Crippen LogP contribution in [0.25, 0.3) is 31.6 Å². The minimum Gasteiger partial charge on any atom is -0.398 e. The topological polar surface area (TPSA) is 60.8 Å². The lowest BCUT2D eigenvalue weighted by atomic mass is 9.66. The van der Waals surface area contributed by atoms with Crippen molar-refractivity contribution in [1.82, 2.24) is 0 Å². The Labute approximate surface area is 229 Å². The number of rotatable bonds is 2. The summed E-state index contributed by atoms with van der Waals surface area (Å²) in [4.78, 5) is 7.51. The van der Waals surface area contributed by atoms with E-state index in [4.69, 9.17) is 24.6 Å². The number of benzene rings is 5. The van der Waals surface area contributed by atoms with E-state index < -0.39 is 5.41 Å². The second-order valence-corrected chi connectivity index (χ2v) is 10.7. The number of nitrogen functional groups attached to an aromatic ring is 2. The van der Waals surface area contributed by atoms with Crippen LogP contribution in [-0.4, -0.2) is 0 Å². The third kappa shape index (κ3) is 3.29. The van der Waals surface area contributed by atoms with Crippen LogP contribution in [-0.2, 0) is 5.41 Å². The highest BCUT2D eigenvalue weighted by molar-refractivity contribution is 5.98. The van der Waals surface area contributed by atoms with Crippen molar-refractivity contribution in [2.24, 2.45) is 0 Å². The first-order valence-electron chi connectivity index (χ1n) is 12.9. The van der Waals surface area contributed by atoms with Gasteiger partial charge in [-0.05, 0) is 106 Å². The van der Waals surface area contributed by atoms with E-state index in [2.05, 4.69) is 64.3 Å². The predicted molar refractivity (Wildman–Crippen MR) is 162 cm³/mol. The molecule has 0 unspecified atom stereocenters. The first kappa shape index (κ1) is 24.3. The third-order valence-corrected chi connectivity index (χ3v) is 8.39. The van der Waals surface area contributed by atoms with E-state index in [0.29, 0.717) is 11.4 Å². The first-order chi connectivity index (χ1) is 18.7. The Bertz CT molecular complexity index is 1850. The molecule has 0 heterocycles. The molecule has 0 saturated carbocycles. The molecule has 5 aromatic carbocycles. The van der Waals surface area contributed by atoms with E-state index in [1.54, 1.807) is 0 Å². The SMILES string of the molecule is [C-]#[N+]c1cc2c(cc1[N+]#[C-])C(c1cc(C)c(N)c(C)c1)(c1cc(C)c(N)c(C)c1)c1cc3ccccc3cc1-2. The van der Waals surface area contributed by atoms with Gasteiger partial charge in [-0.1, -0.05) is 60.7 Å².